The lowest BCUT2D eigenvalue weighted by molar-refractivity contribution is 0.181. The molecule has 3 rings (SSSR count). The number of guanidine groups is 1. The lowest BCUT2D eigenvalue weighted by Crippen LogP contribution is -2.38. The molecule has 1 aliphatic rings. The first kappa shape index (κ1) is 23.3. The molecule has 1 fully saturated rings. The molecule has 170 valence electrons. The van der Waals surface area contributed by atoms with E-state index in [2.05, 4.69) is 69.8 Å². The van der Waals surface area contributed by atoms with Gasteiger partial charge in [0, 0.05) is 38.4 Å². The summed E-state index contributed by atoms with van der Waals surface area (Å²) in [5.74, 6) is 1.71. The third kappa shape index (κ3) is 7.10. The number of aromatic nitrogens is 2. The van der Waals surface area contributed by atoms with Gasteiger partial charge in [0.2, 0.25) is 0 Å². The molecule has 0 bridgehead atoms. The number of aryl methyl sites for hydroxylation is 2. The Balaban J connectivity index is 1.27. The fourth-order valence-electron chi connectivity index (χ4n) is 4.49. The Labute approximate surface area is 188 Å². The Hall–Kier alpha value is -2.34. The molecular formula is C25H40N6. The largest absolute Gasteiger partial charge is 0.356 e. The van der Waals surface area contributed by atoms with Crippen molar-refractivity contribution in [2.24, 2.45) is 18.0 Å². The second-order valence-electron chi connectivity index (χ2n) is 8.81. The van der Waals surface area contributed by atoms with Gasteiger partial charge in [0.1, 0.15) is 0 Å². The van der Waals surface area contributed by atoms with E-state index in [-0.39, 0.29) is 0 Å². The zero-order valence-electron chi connectivity index (χ0n) is 19.8. The van der Waals surface area contributed by atoms with Gasteiger partial charge in [-0.25, -0.2) is 0 Å². The number of nitrogens with one attached hydrogen (secondary N) is 2. The standard InChI is InChI=1S/C25H40N6/c1-20-24(21(2)30(4)29-20)19-28-25(26-3)27-14-8-9-15-31-16-12-23(13-17-31)18-22-10-6-5-7-11-22/h5-7,10-11,23H,8-9,12-19H2,1-4H3,(H2,26,27,28). The van der Waals surface area contributed by atoms with E-state index in [0.717, 1.165) is 37.1 Å². The highest BCUT2D eigenvalue weighted by Gasteiger charge is 2.19. The second kappa shape index (κ2) is 11.9. The van der Waals surface area contributed by atoms with Gasteiger partial charge in [0.05, 0.1) is 5.69 Å². The van der Waals surface area contributed by atoms with Crippen molar-refractivity contribution >= 4 is 5.96 Å². The molecule has 2 N–H and O–H groups in total. The Morgan fingerprint density at radius 3 is 2.48 bits per heavy atom. The minimum atomic E-state index is 0.753. The van der Waals surface area contributed by atoms with Crippen LogP contribution in [0, 0.1) is 19.8 Å². The van der Waals surface area contributed by atoms with E-state index in [9.17, 15) is 0 Å². The molecule has 1 aliphatic heterocycles. The van der Waals surface area contributed by atoms with Gasteiger partial charge < -0.3 is 15.5 Å². The number of unbranched alkanes of at least 4 members (excludes halogenated alkanes) is 1. The first-order valence-corrected chi connectivity index (χ1v) is 11.8. The summed E-state index contributed by atoms with van der Waals surface area (Å²) in [4.78, 5) is 7.00. The number of rotatable bonds is 9. The van der Waals surface area contributed by atoms with E-state index < -0.39 is 0 Å². The highest BCUT2D eigenvalue weighted by atomic mass is 15.3. The molecule has 2 aromatic rings. The molecule has 2 heterocycles. The number of hydrogen-bond acceptors (Lipinski definition) is 3. The number of nitrogens with zero attached hydrogens (tertiary/aromatic N) is 4. The quantitative estimate of drug-likeness (QED) is 0.368. The van der Waals surface area contributed by atoms with Crippen molar-refractivity contribution in [2.45, 2.75) is 52.5 Å². The van der Waals surface area contributed by atoms with Crippen molar-refractivity contribution in [2.75, 3.05) is 33.2 Å². The smallest absolute Gasteiger partial charge is 0.191 e. The SMILES string of the molecule is CN=C(NCCCCN1CCC(Cc2ccccc2)CC1)NCc1c(C)nn(C)c1C. The molecule has 6 heteroatoms. The second-order valence-corrected chi connectivity index (χ2v) is 8.81. The maximum absolute atomic E-state index is 4.48. The summed E-state index contributed by atoms with van der Waals surface area (Å²) in [6.45, 7) is 9.58. The third-order valence-corrected chi connectivity index (χ3v) is 6.58. The van der Waals surface area contributed by atoms with E-state index in [4.69, 9.17) is 0 Å². The average molecular weight is 425 g/mol. The minimum Gasteiger partial charge on any atom is -0.356 e. The maximum Gasteiger partial charge on any atom is 0.191 e. The van der Waals surface area contributed by atoms with Crippen LogP contribution in [0.4, 0.5) is 0 Å². The topological polar surface area (TPSA) is 57.5 Å². The van der Waals surface area contributed by atoms with Gasteiger partial charge in [0.15, 0.2) is 5.96 Å². The molecule has 31 heavy (non-hydrogen) atoms. The van der Waals surface area contributed by atoms with Crippen LogP contribution in [0.3, 0.4) is 0 Å². The van der Waals surface area contributed by atoms with Gasteiger partial charge in [0.25, 0.3) is 0 Å². The van der Waals surface area contributed by atoms with Crippen molar-refractivity contribution in [3.05, 3.63) is 52.8 Å². The Kier molecular flexibility index (Phi) is 8.95. The van der Waals surface area contributed by atoms with Gasteiger partial charge in [-0.05, 0) is 77.1 Å². The molecule has 6 nitrogen and oxygen atoms in total. The summed E-state index contributed by atoms with van der Waals surface area (Å²) in [5, 5.41) is 11.4. The highest BCUT2D eigenvalue weighted by Crippen LogP contribution is 2.21. The van der Waals surface area contributed by atoms with Gasteiger partial charge in [-0.1, -0.05) is 30.3 Å². The van der Waals surface area contributed by atoms with Crippen molar-refractivity contribution in [3.63, 3.8) is 0 Å². The molecule has 1 saturated heterocycles. The van der Waals surface area contributed by atoms with Crippen LogP contribution in [0.15, 0.2) is 35.3 Å². The number of likely N-dealkylation sites (tertiary alicyclic amines) is 1. The van der Waals surface area contributed by atoms with Crippen LogP contribution in [0.1, 0.15) is 48.2 Å². The van der Waals surface area contributed by atoms with Crippen LogP contribution < -0.4 is 10.6 Å². The first-order valence-electron chi connectivity index (χ1n) is 11.8. The molecule has 0 aliphatic carbocycles. The molecule has 0 amide bonds. The van der Waals surface area contributed by atoms with Crippen molar-refractivity contribution in [1.82, 2.24) is 25.3 Å². The number of benzene rings is 1. The van der Waals surface area contributed by atoms with Crippen LogP contribution >= 0.6 is 0 Å². The zero-order chi connectivity index (χ0) is 22.1. The lowest BCUT2D eigenvalue weighted by atomic mass is 9.90. The summed E-state index contributed by atoms with van der Waals surface area (Å²) in [5.41, 5.74) is 5.02. The average Bonchev–Trinajstić information content (AvgIpc) is 3.03. The normalized spacial score (nSPS) is 15.9. The van der Waals surface area contributed by atoms with Gasteiger partial charge in [-0.3, -0.25) is 9.67 Å². The van der Waals surface area contributed by atoms with Crippen LogP contribution in [0.2, 0.25) is 0 Å². The Morgan fingerprint density at radius 1 is 1.10 bits per heavy atom. The summed E-state index contributed by atoms with van der Waals surface area (Å²) in [6, 6.07) is 10.9. The van der Waals surface area contributed by atoms with Gasteiger partial charge in [-0.2, -0.15) is 5.10 Å². The number of aliphatic imine (C=N–C) groups is 1. The Bertz CT molecular complexity index is 818. The van der Waals surface area contributed by atoms with Crippen LogP contribution in [0.25, 0.3) is 0 Å². The molecule has 1 aromatic heterocycles. The van der Waals surface area contributed by atoms with Crippen LogP contribution in [-0.4, -0.2) is 53.9 Å². The van der Waals surface area contributed by atoms with Crippen LogP contribution in [-0.2, 0) is 20.0 Å². The molecule has 1 aromatic carbocycles. The summed E-state index contributed by atoms with van der Waals surface area (Å²) in [7, 11) is 3.82. The molecule has 0 unspecified atom stereocenters. The minimum absolute atomic E-state index is 0.753. The first-order chi connectivity index (χ1) is 15.1. The van der Waals surface area contributed by atoms with Gasteiger partial charge in [-0.15, -0.1) is 0 Å². The van der Waals surface area contributed by atoms with Crippen molar-refractivity contribution < 1.29 is 0 Å². The number of hydrogen-bond donors (Lipinski definition) is 2. The van der Waals surface area contributed by atoms with Crippen molar-refractivity contribution in [1.29, 1.82) is 0 Å². The molecular weight excluding hydrogens is 384 g/mol. The highest BCUT2D eigenvalue weighted by molar-refractivity contribution is 5.79. The van der Waals surface area contributed by atoms with Crippen LogP contribution in [0.5, 0.6) is 0 Å². The summed E-state index contributed by atoms with van der Waals surface area (Å²) in [6.07, 6.45) is 6.29. The number of piperidine rings is 1. The molecule has 0 saturated carbocycles. The predicted octanol–water partition coefficient (Wildman–Crippen LogP) is 3.44. The maximum atomic E-state index is 4.48. The molecule has 0 atom stereocenters. The Morgan fingerprint density at radius 2 is 1.84 bits per heavy atom. The lowest BCUT2D eigenvalue weighted by Gasteiger charge is -2.32. The van der Waals surface area contributed by atoms with Gasteiger partial charge >= 0.3 is 0 Å². The van der Waals surface area contributed by atoms with E-state index in [1.165, 1.54) is 62.1 Å². The predicted molar refractivity (Wildman–Crippen MR) is 129 cm³/mol. The van der Waals surface area contributed by atoms with E-state index >= 15 is 0 Å². The summed E-state index contributed by atoms with van der Waals surface area (Å²) < 4.78 is 1.94. The molecule has 0 spiro atoms. The van der Waals surface area contributed by atoms with E-state index in [1.807, 2.05) is 18.8 Å². The van der Waals surface area contributed by atoms with E-state index in [0.29, 0.717) is 0 Å². The fourth-order valence-corrected chi connectivity index (χ4v) is 4.49. The fraction of sp³-hybridized carbons (Fsp3) is 0.600. The molecule has 0 radical (unpaired) electrons. The van der Waals surface area contributed by atoms with E-state index in [1.54, 1.807) is 0 Å². The zero-order valence-corrected chi connectivity index (χ0v) is 19.8. The monoisotopic (exact) mass is 424 g/mol. The third-order valence-electron chi connectivity index (χ3n) is 6.58. The van der Waals surface area contributed by atoms with Crippen molar-refractivity contribution in [3.8, 4) is 0 Å². The summed E-state index contributed by atoms with van der Waals surface area (Å²) >= 11 is 0.